The Morgan fingerprint density at radius 1 is 1.19 bits per heavy atom. The molecule has 2 fully saturated rings. The van der Waals surface area contributed by atoms with Gasteiger partial charge in [-0.15, -0.1) is 0 Å². The molecule has 1 aliphatic carbocycles. The third kappa shape index (κ3) is 3.38. The molecule has 2 aromatic heterocycles. The van der Waals surface area contributed by atoms with Crippen molar-refractivity contribution >= 4 is 11.8 Å². The van der Waals surface area contributed by atoms with Gasteiger partial charge in [-0.25, -0.2) is 4.98 Å². The summed E-state index contributed by atoms with van der Waals surface area (Å²) in [6, 6.07) is 12.9. The summed E-state index contributed by atoms with van der Waals surface area (Å²) in [6.45, 7) is 0.450. The number of aliphatic hydroxyl groups is 1. The minimum Gasteiger partial charge on any atom is -0.373 e. The summed E-state index contributed by atoms with van der Waals surface area (Å²) in [5, 5.41) is 14.9. The number of carbonyl (C=O) groups is 2. The van der Waals surface area contributed by atoms with Gasteiger partial charge in [0.1, 0.15) is 11.4 Å². The first-order valence-electron chi connectivity index (χ1n) is 10.2. The number of pyridine rings is 1. The number of amides is 2. The highest BCUT2D eigenvalue weighted by molar-refractivity contribution is 5.92. The van der Waals surface area contributed by atoms with E-state index >= 15 is 0 Å². The maximum absolute atomic E-state index is 12.3. The zero-order valence-electron chi connectivity index (χ0n) is 17.0. The van der Waals surface area contributed by atoms with Crippen LogP contribution in [0.25, 0.3) is 22.5 Å². The second-order valence-electron chi connectivity index (χ2n) is 8.30. The lowest BCUT2D eigenvalue weighted by atomic mass is 9.97. The van der Waals surface area contributed by atoms with Crippen LogP contribution in [0.4, 0.5) is 0 Å². The first-order valence-corrected chi connectivity index (χ1v) is 10.2. The van der Waals surface area contributed by atoms with E-state index in [1.165, 1.54) is 4.90 Å². The topological polar surface area (TPSA) is 123 Å². The molecule has 8 nitrogen and oxygen atoms in total. The van der Waals surface area contributed by atoms with E-state index in [4.69, 9.17) is 10.3 Å². The third-order valence-corrected chi connectivity index (χ3v) is 6.03. The first-order chi connectivity index (χ1) is 14.8. The van der Waals surface area contributed by atoms with Gasteiger partial charge in [0.2, 0.25) is 5.60 Å². The Labute approximate surface area is 178 Å². The van der Waals surface area contributed by atoms with Gasteiger partial charge >= 0.3 is 0 Å². The second-order valence-corrected chi connectivity index (χ2v) is 8.30. The molecule has 2 aliphatic rings. The number of carbonyl (C=O) groups excluding carboxylic acids is 2. The van der Waals surface area contributed by atoms with Crippen molar-refractivity contribution in [3.05, 3.63) is 59.5 Å². The molecule has 0 spiro atoms. The predicted octanol–water partition coefficient (Wildman–Crippen LogP) is 2.43. The number of rotatable bonds is 5. The summed E-state index contributed by atoms with van der Waals surface area (Å²) >= 11 is 0. The fourth-order valence-electron chi connectivity index (χ4n) is 4.00. The highest BCUT2D eigenvalue weighted by Crippen LogP contribution is 2.41. The lowest BCUT2D eigenvalue weighted by molar-refractivity contribution is -0.144. The van der Waals surface area contributed by atoms with Crippen LogP contribution in [0.2, 0.25) is 0 Å². The molecule has 31 heavy (non-hydrogen) atoms. The molecule has 1 saturated heterocycles. The van der Waals surface area contributed by atoms with Crippen LogP contribution >= 0.6 is 0 Å². The molecule has 8 heteroatoms. The van der Waals surface area contributed by atoms with E-state index in [1.807, 2.05) is 30.3 Å². The van der Waals surface area contributed by atoms with Gasteiger partial charge in [0.15, 0.2) is 5.76 Å². The Balaban J connectivity index is 1.50. The SMILES string of the molecule is CN1CCC(O)(c2cc(-c3cccc(-c4cc(C5CC5)cc(C(N)=O)n4)c3)no2)C1=O. The van der Waals surface area contributed by atoms with E-state index in [0.717, 1.165) is 29.5 Å². The van der Waals surface area contributed by atoms with Crippen molar-refractivity contribution in [1.29, 1.82) is 0 Å². The van der Waals surface area contributed by atoms with E-state index in [1.54, 1.807) is 19.2 Å². The predicted molar refractivity (Wildman–Crippen MR) is 112 cm³/mol. The largest absolute Gasteiger partial charge is 0.373 e. The Morgan fingerprint density at radius 3 is 2.58 bits per heavy atom. The third-order valence-electron chi connectivity index (χ3n) is 6.03. The molecule has 1 aliphatic heterocycles. The zero-order valence-corrected chi connectivity index (χ0v) is 17.0. The fraction of sp³-hybridized carbons (Fsp3) is 0.304. The molecule has 1 aromatic carbocycles. The molecular formula is C23H22N4O4. The Bertz CT molecular complexity index is 1200. The van der Waals surface area contributed by atoms with Crippen LogP contribution in [-0.4, -0.2) is 45.6 Å². The van der Waals surface area contributed by atoms with Crippen molar-refractivity contribution in [2.75, 3.05) is 13.6 Å². The lowest BCUT2D eigenvalue weighted by Crippen LogP contribution is -2.35. The number of nitrogens with zero attached hydrogens (tertiary/aromatic N) is 3. The molecule has 158 valence electrons. The highest BCUT2D eigenvalue weighted by atomic mass is 16.5. The molecule has 2 amide bonds. The lowest BCUT2D eigenvalue weighted by Gasteiger charge is -2.16. The molecule has 5 rings (SSSR count). The molecule has 3 heterocycles. The maximum Gasteiger partial charge on any atom is 0.267 e. The molecule has 3 aromatic rings. The molecule has 0 bridgehead atoms. The van der Waals surface area contributed by atoms with Gasteiger partial charge in [0, 0.05) is 37.2 Å². The van der Waals surface area contributed by atoms with Gasteiger partial charge in [0.25, 0.3) is 11.8 Å². The van der Waals surface area contributed by atoms with E-state index in [-0.39, 0.29) is 17.9 Å². The Kier molecular flexibility index (Phi) is 4.40. The average molecular weight is 418 g/mol. The Hall–Kier alpha value is -3.52. The van der Waals surface area contributed by atoms with Crippen LogP contribution in [0, 0.1) is 0 Å². The fourth-order valence-corrected chi connectivity index (χ4v) is 4.00. The number of primary amides is 1. The van der Waals surface area contributed by atoms with E-state index in [0.29, 0.717) is 23.9 Å². The highest BCUT2D eigenvalue weighted by Gasteiger charge is 2.48. The summed E-state index contributed by atoms with van der Waals surface area (Å²) < 4.78 is 5.36. The molecule has 1 atom stereocenters. The maximum atomic E-state index is 12.3. The minimum atomic E-state index is -1.69. The zero-order chi connectivity index (χ0) is 21.8. The average Bonchev–Trinajstić information content (AvgIpc) is 3.45. The Morgan fingerprint density at radius 2 is 1.94 bits per heavy atom. The number of nitrogens with two attached hydrogens (primary N) is 1. The summed E-state index contributed by atoms with van der Waals surface area (Å²) in [6.07, 6.45) is 2.45. The van der Waals surface area contributed by atoms with Crippen molar-refractivity contribution in [2.45, 2.75) is 30.8 Å². The van der Waals surface area contributed by atoms with E-state index < -0.39 is 17.4 Å². The summed E-state index contributed by atoms with van der Waals surface area (Å²) in [5.41, 5.74) is 7.84. The standard InChI is InChI=1S/C23H22N4O4/c1-27-8-7-23(30,22(27)29)20-12-18(26-31-20)15-4-2-3-14(9-15)17-10-16(13-5-6-13)11-19(25-17)21(24)28/h2-4,9-13,30H,5-8H2,1H3,(H2,24,28). The summed E-state index contributed by atoms with van der Waals surface area (Å²) in [4.78, 5) is 30.0. The van der Waals surface area contributed by atoms with Crippen LogP contribution in [0.5, 0.6) is 0 Å². The molecule has 3 N–H and O–H groups in total. The van der Waals surface area contributed by atoms with Gasteiger partial charge in [-0.05, 0) is 42.5 Å². The number of aromatic nitrogens is 2. The second kappa shape index (κ2) is 7.02. The van der Waals surface area contributed by atoms with Crippen molar-refractivity contribution in [2.24, 2.45) is 5.73 Å². The van der Waals surface area contributed by atoms with Gasteiger partial charge in [-0.3, -0.25) is 9.59 Å². The van der Waals surface area contributed by atoms with Crippen molar-refractivity contribution in [3.8, 4) is 22.5 Å². The van der Waals surface area contributed by atoms with Gasteiger partial charge in [-0.1, -0.05) is 23.4 Å². The van der Waals surface area contributed by atoms with Gasteiger partial charge in [-0.2, -0.15) is 0 Å². The number of hydrogen-bond acceptors (Lipinski definition) is 6. The quantitative estimate of drug-likeness (QED) is 0.656. The smallest absolute Gasteiger partial charge is 0.267 e. The van der Waals surface area contributed by atoms with E-state index in [9.17, 15) is 14.7 Å². The van der Waals surface area contributed by atoms with Crippen LogP contribution in [0.1, 0.15) is 47.0 Å². The number of hydrogen-bond donors (Lipinski definition) is 2. The molecule has 0 radical (unpaired) electrons. The van der Waals surface area contributed by atoms with Crippen LogP contribution in [-0.2, 0) is 10.4 Å². The monoisotopic (exact) mass is 418 g/mol. The van der Waals surface area contributed by atoms with Crippen LogP contribution < -0.4 is 5.73 Å². The first kappa shape index (κ1) is 19.4. The number of benzene rings is 1. The molecule has 1 unspecified atom stereocenters. The van der Waals surface area contributed by atoms with Crippen LogP contribution in [0.15, 0.2) is 47.0 Å². The van der Waals surface area contributed by atoms with Gasteiger partial charge in [0.05, 0.1) is 5.69 Å². The van der Waals surface area contributed by atoms with Gasteiger partial charge < -0.3 is 20.3 Å². The van der Waals surface area contributed by atoms with E-state index in [2.05, 4.69) is 10.1 Å². The molecule has 1 saturated carbocycles. The summed E-state index contributed by atoms with van der Waals surface area (Å²) in [5.74, 6) is -0.374. The normalized spacial score (nSPS) is 21.0. The number of likely N-dealkylation sites (tertiary alicyclic amines) is 1. The molecular weight excluding hydrogens is 396 g/mol. The van der Waals surface area contributed by atoms with Crippen LogP contribution in [0.3, 0.4) is 0 Å². The number of likely N-dealkylation sites (N-methyl/N-ethyl adjacent to an activating group) is 1. The van der Waals surface area contributed by atoms with Crippen molar-refractivity contribution in [1.82, 2.24) is 15.0 Å². The van der Waals surface area contributed by atoms with Crippen molar-refractivity contribution in [3.63, 3.8) is 0 Å². The minimum absolute atomic E-state index is 0.132. The summed E-state index contributed by atoms with van der Waals surface area (Å²) in [7, 11) is 1.64. The van der Waals surface area contributed by atoms with Crippen molar-refractivity contribution < 1.29 is 19.2 Å².